The van der Waals surface area contributed by atoms with Crippen LogP contribution in [0.5, 0.6) is 0 Å². The fourth-order valence-corrected chi connectivity index (χ4v) is 4.05. The van der Waals surface area contributed by atoms with E-state index in [0.717, 1.165) is 25.9 Å². The van der Waals surface area contributed by atoms with Gasteiger partial charge in [-0.25, -0.2) is 0 Å². The molecular weight excluding hydrogens is 366 g/mol. The van der Waals surface area contributed by atoms with Crippen molar-refractivity contribution < 1.29 is 14.4 Å². The zero-order chi connectivity index (χ0) is 20.4. The lowest BCUT2D eigenvalue weighted by Gasteiger charge is -2.27. The van der Waals surface area contributed by atoms with Gasteiger partial charge in [0.05, 0.1) is 17.3 Å². The Kier molecular flexibility index (Phi) is 5.34. The van der Waals surface area contributed by atoms with Crippen LogP contribution in [0.2, 0.25) is 0 Å². The molecule has 0 aliphatic carbocycles. The first-order chi connectivity index (χ1) is 14.1. The molecule has 2 aromatic rings. The fourth-order valence-electron chi connectivity index (χ4n) is 4.05. The van der Waals surface area contributed by atoms with E-state index >= 15 is 0 Å². The molecule has 0 radical (unpaired) electrons. The summed E-state index contributed by atoms with van der Waals surface area (Å²) in [4.78, 5) is 44.2. The summed E-state index contributed by atoms with van der Waals surface area (Å²) < 4.78 is 0. The predicted molar refractivity (Wildman–Crippen MR) is 112 cm³/mol. The molecule has 0 saturated carbocycles. The second-order valence-corrected chi connectivity index (χ2v) is 7.68. The van der Waals surface area contributed by atoms with Gasteiger partial charge in [-0.3, -0.25) is 14.4 Å². The Morgan fingerprint density at radius 3 is 2.24 bits per heavy atom. The van der Waals surface area contributed by atoms with Crippen molar-refractivity contribution in [1.29, 1.82) is 0 Å². The average molecular weight is 391 g/mol. The van der Waals surface area contributed by atoms with Gasteiger partial charge in [0, 0.05) is 25.2 Å². The van der Waals surface area contributed by atoms with Crippen LogP contribution in [-0.2, 0) is 9.59 Å². The second kappa shape index (κ2) is 8.07. The maximum atomic E-state index is 13.2. The standard InChI is InChI=1S/C23H25N3O3/c1-17-15-25(23(29)18-9-3-2-4-10-18)19-11-5-6-12-20(19)26(22(17)28)16-21(27)24-13-7-8-14-24/h2-6,9-12,17H,7-8,13-16H2,1H3. The maximum Gasteiger partial charge on any atom is 0.258 e. The van der Waals surface area contributed by atoms with E-state index in [1.165, 1.54) is 0 Å². The quantitative estimate of drug-likeness (QED) is 0.808. The third kappa shape index (κ3) is 3.75. The van der Waals surface area contributed by atoms with Crippen LogP contribution in [0.15, 0.2) is 54.6 Å². The molecule has 2 aromatic carbocycles. The van der Waals surface area contributed by atoms with Crippen molar-refractivity contribution in [1.82, 2.24) is 4.90 Å². The van der Waals surface area contributed by atoms with E-state index in [9.17, 15) is 14.4 Å². The minimum Gasteiger partial charge on any atom is -0.341 e. The third-order valence-corrected chi connectivity index (χ3v) is 5.63. The molecule has 2 heterocycles. The first-order valence-corrected chi connectivity index (χ1v) is 10.1. The Hall–Kier alpha value is -3.15. The number of amides is 3. The van der Waals surface area contributed by atoms with Crippen LogP contribution in [0.1, 0.15) is 30.1 Å². The number of rotatable bonds is 3. The van der Waals surface area contributed by atoms with E-state index in [4.69, 9.17) is 0 Å². The van der Waals surface area contributed by atoms with Crippen molar-refractivity contribution in [2.24, 2.45) is 5.92 Å². The van der Waals surface area contributed by atoms with Gasteiger partial charge in [-0.2, -0.15) is 0 Å². The van der Waals surface area contributed by atoms with Gasteiger partial charge in [0.2, 0.25) is 11.8 Å². The summed E-state index contributed by atoms with van der Waals surface area (Å²) in [6.07, 6.45) is 2.01. The van der Waals surface area contributed by atoms with Gasteiger partial charge in [-0.15, -0.1) is 0 Å². The second-order valence-electron chi connectivity index (χ2n) is 7.68. The minimum atomic E-state index is -0.415. The summed E-state index contributed by atoms with van der Waals surface area (Å²) >= 11 is 0. The highest BCUT2D eigenvalue weighted by atomic mass is 16.2. The number of anilines is 2. The number of hydrogen-bond donors (Lipinski definition) is 0. The molecular formula is C23H25N3O3. The highest BCUT2D eigenvalue weighted by Crippen LogP contribution is 2.35. The molecule has 0 N–H and O–H groups in total. The van der Waals surface area contributed by atoms with Crippen LogP contribution >= 0.6 is 0 Å². The smallest absolute Gasteiger partial charge is 0.258 e. The molecule has 2 aliphatic rings. The number of hydrogen-bond acceptors (Lipinski definition) is 3. The zero-order valence-corrected chi connectivity index (χ0v) is 16.6. The van der Waals surface area contributed by atoms with Gasteiger partial charge in [0.15, 0.2) is 0 Å². The summed E-state index contributed by atoms with van der Waals surface area (Å²) in [6.45, 7) is 3.59. The molecule has 0 aromatic heterocycles. The topological polar surface area (TPSA) is 60.9 Å². The number of fused-ring (bicyclic) bond motifs is 1. The van der Waals surface area contributed by atoms with Crippen molar-refractivity contribution in [2.45, 2.75) is 19.8 Å². The van der Waals surface area contributed by atoms with Crippen LogP contribution < -0.4 is 9.80 Å². The van der Waals surface area contributed by atoms with Crippen LogP contribution in [-0.4, -0.2) is 48.8 Å². The van der Waals surface area contributed by atoms with Crippen molar-refractivity contribution in [3.63, 3.8) is 0 Å². The highest BCUT2D eigenvalue weighted by Gasteiger charge is 2.35. The van der Waals surface area contributed by atoms with Gasteiger partial charge < -0.3 is 14.7 Å². The van der Waals surface area contributed by atoms with E-state index in [0.29, 0.717) is 16.9 Å². The predicted octanol–water partition coefficient (Wildman–Crippen LogP) is 2.94. The SMILES string of the molecule is CC1CN(C(=O)c2ccccc2)c2ccccc2N(CC(=O)N2CCCC2)C1=O. The fraction of sp³-hybridized carbons (Fsp3) is 0.348. The molecule has 1 unspecified atom stereocenters. The van der Waals surface area contributed by atoms with E-state index in [1.54, 1.807) is 21.9 Å². The summed E-state index contributed by atoms with van der Waals surface area (Å²) in [5, 5.41) is 0. The summed E-state index contributed by atoms with van der Waals surface area (Å²) in [5.74, 6) is -0.735. The van der Waals surface area contributed by atoms with Crippen molar-refractivity contribution >= 4 is 29.1 Å². The molecule has 2 aliphatic heterocycles. The first kappa shape index (κ1) is 19.2. The van der Waals surface area contributed by atoms with E-state index in [1.807, 2.05) is 54.3 Å². The number of likely N-dealkylation sites (tertiary alicyclic amines) is 1. The number of carbonyl (C=O) groups excluding carboxylic acids is 3. The Labute approximate surface area is 170 Å². The Bertz CT molecular complexity index is 922. The highest BCUT2D eigenvalue weighted by molar-refractivity contribution is 6.12. The van der Waals surface area contributed by atoms with Gasteiger partial charge in [-0.05, 0) is 37.1 Å². The summed E-state index contributed by atoms with van der Waals surface area (Å²) in [6, 6.07) is 16.4. The molecule has 3 amide bonds. The van der Waals surface area contributed by atoms with Crippen molar-refractivity contribution in [2.75, 3.05) is 36.0 Å². The Morgan fingerprint density at radius 2 is 1.55 bits per heavy atom. The lowest BCUT2D eigenvalue weighted by molar-refractivity contribution is -0.131. The number of carbonyl (C=O) groups is 3. The summed E-state index contributed by atoms with van der Waals surface area (Å²) in [5.41, 5.74) is 1.84. The van der Waals surface area contributed by atoms with E-state index in [2.05, 4.69) is 0 Å². The van der Waals surface area contributed by atoms with Crippen LogP contribution in [0.25, 0.3) is 0 Å². The number of nitrogens with zero attached hydrogens (tertiary/aromatic N) is 3. The van der Waals surface area contributed by atoms with E-state index < -0.39 is 5.92 Å². The minimum absolute atomic E-state index is 0.00749. The van der Waals surface area contributed by atoms with Crippen LogP contribution in [0.4, 0.5) is 11.4 Å². The molecule has 6 nitrogen and oxygen atoms in total. The average Bonchev–Trinajstić information content (AvgIpc) is 3.27. The summed E-state index contributed by atoms with van der Waals surface area (Å²) in [7, 11) is 0. The molecule has 0 bridgehead atoms. The van der Waals surface area contributed by atoms with Crippen molar-refractivity contribution in [3.05, 3.63) is 60.2 Å². The normalized spacial score (nSPS) is 19.1. The zero-order valence-electron chi connectivity index (χ0n) is 16.6. The number of benzene rings is 2. The van der Waals surface area contributed by atoms with Crippen molar-refractivity contribution in [3.8, 4) is 0 Å². The monoisotopic (exact) mass is 391 g/mol. The Morgan fingerprint density at radius 1 is 0.931 bits per heavy atom. The van der Waals surface area contributed by atoms with Crippen LogP contribution in [0.3, 0.4) is 0 Å². The molecule has 150 valence electrons. The lowest BCUT2D eigenvalue weighted by Crippen LogP contribution is -2.44. The van der Waals surface area contributed by atoms with E-state index in [-0.39, 0.29) is 30.8 Å². The largest absolute Gasteiger partial charge is 0.341 e. The lowest BCUT2D eigenvalue weighted by atomic mass is 10.1. The molecule has 1 atom stereocenters. The first-order valence-electron chi connectivity index (χ1n) is 10.1. The molecule has 4 rings (SSSR count). The molecule has 29 heavy (non-hydrogen) atoms. The van der Waals surface area contributed by atoms with Gasteiger partial charge in [0.25, 0.3) is 5.91 Å². The van der Waals surface area contributed by atoms with Crippen LogP contribution in [0, 0.1) is 5.92 Å². The number of para-hydroxylation sites is 2. The van der Waals surface area contributed by atoms with Gasteiger partial charge in [0.1, 0.15) is 6.54 Å². The maximum absolute atomic E-state index is 13.2. The third-order valence-electron chi connectivity index (χ3n) is 5.63. The van der Waals surface area contributed by atoms with Gasteiger partial charge in [-0.1, -0.05) is 37.3 Å². The molecule has 0 spiro atoms. The molecule has 1 fully saturated rings. The Balaban J connectivity index is 1.70. The molecule has 1 saturated heterocycles. The molecule has 6 heteroatoms. The van der Waals surface area contributed by atoms with Gasteiger partial charge >= 0.3 is 0 Å².